The second-order valence-electron chi connectivity index (χ2n) is 1.52. The van der Waals surface area contributed by atoms with Crippen LogP contribution in [0.2, 0.25) is 0 Å². The number of carboxylic acid groups (broad SMARTS) is 1. The van der Waals surface area contributed by atoms with Crippen LogP contribution >= 0.6 is 0 Å². The Morgan fingerprint density at radius 2 is 2.00 bits per heavy atom. The van der Waals surface area contributed by atoms with Crippen LogP contribution in [0.15, 0.2) is 0 Å². The number of hydrogen-bond acceptors (Lipinski definition) is 3. The van der Waals surface area contributed by atoms with Crippen LogP contribution in [0.3, 0.4) is 0 Å². The molecule has 7 heteroatoms. The highest BCUT2D eigenvalue weighted by molar-refractivity contribution is 7.85. The van der Waals surface area contributed by atoms with E-state index >= 15 is 0 Å². The predicted molar refractivity (Wildman–Crippen MR) is 32.4 cm³/mol. The zero-order chi connectivity index (χ0) is 8.20. The van der Waals surface area contributed by atoms with Gasteiger partial charge in [0.25, 0.3) is 10.1 Å². The van der Waals surface area contributed by atoms with Crippen molar-refractivity contribution in [1.29, 1.82) is 0 Å². The molecule has 3 N–H and O–H groups in total. The summed E-state index contributed by atoms with van der Waals surface area (Å²) in [6.45, 7) is -0.297. The van der Waals surface area contributed by atoms with Crippen LogP contribution in [0.4, 0.5) is 4.79 Å². The molecule has 0 aliphatic rings. The number of amides is 1. The lowest BCUT2D eigenvalue weighted by Gasteiger charge is -1.95. The van der Waals surface area contributed by atoms with Crippen LogP contribution in [0.1, 0.15) is 0 Å². The van der Waals surface area contributed by atoms with Crippen molar-refractivity contribution in [2.24, 2.45) is 0 Å². The minimum Gasteiger partial charge on any atom is -0.465 e. The van der Waals surface area contributed by atoms with Gasteiger partial charge in [0.05, 0.1) is 5.75 Å². The van der Waals surface area contributed by atoms with Gasteiger partial charge in [0.1, 0.15) is 0 Å². The van der Waals surface area contributed by atoms with Crippen LogP contribution in [-0.2, 0) is 10.1 Å². The fourth-order valence-electron chi connectivity index (χ4n) is 0.287. The maximum atomic E-state index is 9.94. The van der Waals surface area contributed by atoms with Crippen molar-refractivity contribution in [3.63, 3.8) is 0 Å². The second kappa shape index (κ2) is 3.37. The molecule has 0 unspecified atom stereocenters. The van der Waals surface area contributed by atoms with Crippen molar-refractivity contribution in [3.05, 3.63) is 0 Å². The van der Waals surface area contributed by atoms with Crippen molar-refractivity contribution in [2.75, 3.05) is 12.3 Å². The lowest BCUT2D eigenvalue weighted by molar-refractivity contribution is 0.195. The summed E-state index contributed by atoms with van der Waals surface area (Å²) in [5.74, 6) is -0.598. The monoisotopic (exact) mass is 169 g/mol. The van der Waals surface area contributed by atoms with E-state index in [0.29, 0.717) is 0 Å². The number of rotatable bonds is 3. The molecule has 0 aromatic rings. The normalized spacial score (nSPS) is 10.9. The van der Waals surface area contributed by atoms with Gasteiger partial charge in [0.15, 0.2) is 0 Å². The molecule has 60 valence electrons. The van der Waals surface area contributed by atoms with Gasteiger partial charge in [-0.2, -0.15) is 8.42 Å². The Bertz CT molecular complexity index is 207. The standard InChI is InChI=1S/C3H7NO5S/c5-3(6)4-1-2-10(7,8)9/h4H,1-2H2,(H,5,6)(H,7,8,9). The molecule has 1 amide bonds. The third-order valence-electron chi connectivity index (χ3n) is 0.636. The summed E-state index contributed by atoms with van der Waals surface area (Å²) in [5, 5.41) is 9.70. The average Bonchev–Trinajstić information content (AvgIpc) is 1.59. The zero-order valence-corrected chi connectivity index (χ0v) is 5.76. The Balaban J connectivity index is 3.49. The van der Waals surface area contributed by atoms with Crippen LogP contribution in [-0.4, -0.2) is 36.5 Å². The summed E-state index contributed by atoms with van der Waals surface area (Å²) in [6, 6.07) is 0. The first kappa shape index (κ1) is 9.18. The molecule has 0 aromatic carbocycles. The van der Waals surface area contributed by atoms with Crippen LogP contribution in [0.5, 0.6) is 0 Å². The molecule has 0 saturated carbocycles. The molecule has 10 heavy (non-hydrogen) atoms. The van der Waals surface area contributed by atoms with E-state index in [4.69, 9.17) is 9.66 Å². The van der Waals surface area contributed by atoms with E-state index < -0.39 is 22.0 Å². The Kier molecular flexibility index (Phi) is 3.10. The molecule has 0 atom stereocenters. The molecule has 0 aliphatic heterocycles. The maximum Gasteiger partial charge on any atom is 0.404 e. The molecule has 0 saturated heterocycles. The van der Waals surface area contributed by atoms with Gasteiger partial charge in [-0.05, 0) is 0 Å². The number of carbonyl (C=O) groups is 1. The quantitative estimate of drug-likeness (QED) is 0.477. The lowest BCUT2D eigenvalue weighted by Crippen LogP contribution is -2.27. The van der Waals surface area contributed by atoms with Gasteiger partial charge >= 0.3 is 6.09 Å². The smallest absolute Gasteiger partial charge is 0.404 e. The van der Waals surface area contributed by atoms with Gasteiger partial charge in [0.2, 0.25) is 0 Å². The van der Waals surface area contributed by atoms with Crippen molar-refractivity contribution in [3.8, 4) is 0 Å². The Labute approximate surface area is 57.6 Å². The summed E-state index contributed by atoms with van der Waals surface area (Å²) in [5.41, 5.74) is 0. The summed E-state index contributed by atoms with van der Waals surface area (Å²) < 4.78 is 27.9. The van der Waals surface area contributed by atoms with Gasteiger partial charge in [-0.15, -0.1) is 0 Å². The minimum absolute atomic E-state index is 0.297. The molecule has 0 spiro atoms. The van der Waals surface area contributed by atoms with Crippen molar-refractivity contribution < 1.29 is 22.9 Å². The van der Waals surface area contributed by atoms with Crippen LogP contribution < -0.4 is 5.32 Å². The molecule has 0 fully saturated rings. The molecule has 0 heterocycles. The third kappa shape index (κ3) is 7.18. The Hall–Kier alpha value is -0.820. The minimum atomic E-state index is -4.05. The maximum absolute atomic E-state index is 9.94. The zero-order valence-electron chi connectivity index (χ0n) is 4.94. The first-order valence-electron chi connectivity index (χ1n) is 2.34. The summed E-state index contributed by atoms with van der Waals surface area (Å²) >= 11 is 0. The summed E-state index contributed by atoms with van der Waals surface area (Å²) in [7, 11) is -4.05. The summed E-state index contributed by atoms with van der Waals surface area (Å²) in [4.78, 5) is 9.70. The average molecular weight is 169 g/mol. The van der Waals surface area contributed by atoms with Crippen LogP contribution in [0, 0.1) is 0 Å². The van der Waals surface area contributed by atoms with E-state index in [1.54, 1.807) is 5.32 Å². The molecule has 0 rings (SSSR count). The molecular weight excluding hydrogens is 162 g/mol. The fourth-order valence-corrected chi connectivity index (χ4v) is 0.647. The molecule has 0 aromatic heterocycles. The highest BCUT2D eigenvalue weighted by Crippen LogP contribution is 1.77. The van der Waals surface area contributed by atoms with Crippen molar-refractivity contribution >= 4 is 16.2 Å². The molecule has 6 nitrogen and oxygen atoms in total. The Morgan fingerprint density at radius 3 is 2.30 bits per heavy atom. The number of hydrogen-bond donors (Lipinski definition) is 3. The van der Waals surface area contributed by atoms with Gasteiger partial charge in [-0.25, -0.2) is 4.79 Å². The summed E-state index contributed by atoms with van der Waals surface area (Å²) in [6.07, 6.45) is -1.32. The van der Waals surface area contributed by atoms with E-state index in [2.05, 4.69) is 0 Å². The van der Waals surface area contributed by atoms with Gasteiger partial charge < -0.3 is 10.4 Å². The first-order chi connectivity index (χ1) is 4.42. The van der Waals surface area contributed by atoms with Gasteiger partial charge in [-0.1, -0.05) is 0 Å². The lowest BCUT2D eigenvalue weighted by atomic mass is 10.7. The highest BCUT2D eigenvalue weighted by atomic mass is 32.2. The first-order valence-corrected chi connectivity index (χ1v) is 3.95. The van der Waals surface area contributed by atoms with Crippen LogP contribution in [0.25, 0.3) is 0 Å². The predicted octanol–water partition coefficient (Wildman–Crippen LogP) is -0.858. The van der Waals surface area contributed by atoms with E-state index in [1.807, 2.05) is 0 Å². The third-order valence-corrected chi connectivity index (χ3v) is 1.36. The van der Waals surface area contributed by atoms with Gasteiger partial charge in [-0.3, -0.25) is 4.55 Å². The SMILES string of the molecule is O=C(O)NCCS(=O)(=O)O. The second-order valence-corrected chi connectivity index (χ2v) is 3.09. The van der Waals surface area contributed by atoms with Gasteiger partial charge in [0, 0.05) is 6.54 Å². The number of nitrogens with one attached hydrogen (secondary N) is 1. The van der Waals surface area contributed by atoms with Crippen molar-refractivity contribution in [2.45, 2.75) is 0 Å². The largest absolute Gasteiger partial charge is 0.465 e. The molecule has 0 bridgehead atoms. The topological polar surface area (TPSA) is 104 Å². The van der Waals surface area contributed by atoms with Crippen molar-refractivity contribution in [1.82, 2.24) is 5.32 Å². The molecular formula is C3H7NO5S. The van der Waals surface area contributed by atoms with E-state index in [9.17, 15) is 13.2 Å². The molecule has 0 aliphatic carbocycles. The molecule has 0 radical (unpaired) electrons. The Morgan fingerprint density at radius 1 is 1.50 bits per heavy atom. The fraction of sp³-hybridized carbons (Fsp3) is 0.667. The highest BCUT2D eigenvalue weighted by Gasteiger charge is 2.03. The van der Waals surface area contributed by atoms with E-state index in [-0.39, 0.29) is 6.54 Å². The van der Waals surface area contributed by atoms with E-state index in [1.165, 1.54) is 0 Å². The van der Waals surface area contributed by atoms with E-state index in [0.717, 1.165) is 0 Å².